The van der Waals surface area contributed by atoms with Crippen molar-refractivity contribution in [1.29, 1.82) is 0 Å². The normalized spacial score (nSPS) is 15.5. The van der Waals surface area contributed by atoms with Crippen LogP contribution in [0.25, 0.3) is 0 Å². The van der Waals surface area contributed by atoms with Gasteiger partial charge in [0, 0.05) is 6.04 Å². The molecule has 2 atom stereocenters. The van der Waals surface area contributed by atoms with E-state index in [0.29, 0.717) is 12.3 Å². The summed E-state index contributed by atoms with van der Waals surface area (Å²) in [5.41, 5.74) is 5.63. The predicted molar refractivity (Wildman–Crippen MR) is 52.1 cm³/mol. The lowest BCUT2D eigenvalue weighted by molar-refractivity contribution is -0.123. The van der Waals surface area contributed by atoms with Gasteiger partial charge in [0.25, 0.3) is 0 Å². The van der Waals surface area contributed by atoms with Crippen molar-refractivity contribution in [3.05, 3.63) is 0 Å². The molecule has 0 saturated heterocycles. The molecule has 1 unspecified atom stereocenters. The molecule has 78 valence electrons. The van der Waals surface area contributed by atoms with Crippen LogP contribution in [-0.4, -0.2) is 29.7 Å². The van der Waals surface area contributed by atoms with Crippen molar-refractivity contribution in [2.75, 3.05) is 6.61 Å². The average Bonchev–Trinajstić information content (AvgIpc) is 2.02. The zero-order valence-electron chi connectivity index (χ0n) is 8.58. The van der Waals surface area contributed by atoms with Gasteiger partial charge >= 0.3 is 0 Å². The largest absolute Gasteiger partial charge is 0.394 e. The second kappa shape index (κ2) is 5.94. The lowest BCUT2D eigenvalue weighted by Crippen LogP contribution is -2.46. The highest BCUT2D eigenvalue weighted by Crippen LogP contribution is 2.02. The third-order valence-electron chi connectivity index (χ3n) is 1.72. The number of aliphatic hydroxyl groups is 1. The number of nitrogens with one attached hydrogen (secondary N) is 1. The molecule has 4 N–H and O–H groups in total. The Morgan fingerprint density at radius 3 is 2.38 bits per heavy atom. The van der Waals surface area contributed by atoms with Crippen LogP contribution in [0.15, 0.2) is 0 Å². The van der Waals surface area contributed by atoms with Crippen LogP contribution in [0.4, 0.5) is 0 Å². The van der Waals surface area contributed by atoms with Gasteiger partial charge in [-0.05, 0) is 19.3 Å². The van der Waals surface area contributed by atoms with Crippen LogP contribution in [0.3, 0.4) is 0 Å². The molecule has 0 aromatic carbocycles. The van der Waals surface area contributed by atoms with Crippen LogP contribution in [0.1, 0.15) is 27.2 Å². The minimum atomic E-state index is -0.464. The van der Waals surface area contributed by atoms with E-state index in [-0.39, 0.29) is 18.6 Å². The topological polar surface area (TPSA) is 75.4 Å². The number of amides is 1. The first-order valence-electron chi connectivity index (χ1n) is 4.64. The quantitative estimate of drug-likeness (QED) is 0.562. The lowest BCUT2D eigenvalue weighted by Gasteiger charge is -2.16. The average molecular weight is 188 g/mol. The zero-order valence-corrected chi connectivity index (χ0v) is 8.58. The molecule has 0 spiro atoms. The highest BCUT2D eigenvalue weighted by Gasteiger charge is 2.16. The smallest absolute Gasteiger partial charge is 0.237 e. The van der Waals surface area contributed by atoms with E-state index < -0.39 is 6.04 Å². The van der Waals surface area contributed by atoms with Crippen molar-refractivity contribution in [3.63, 3.8) is 0 Å². The van der Waals surface area contributed by atoms with Crippen LogP contribution in [0.5, 0.6) is 0 Å². The molecular weight excluding hydrogens is 168 g/mol. The SMILES string of the molecule is CC(C)C[C@H](N)C(=O)NC(C)CO. The van der Waals surface area contributed by atoms with Crippen LogP contribution in [0.2, 0.25) is 0 Å². The van der Waals surface area contributed by atoms with Gasteiger partial charge < -0.3 is 16.2 Å². The summed E-state index contributed by atoms with van der Waals surface area (Å²) in [5, 5.41) is 11.3. The van der Waals surface area contributed by atoms with Crippen LogP contribution in [-0.2, 0) is 4.79 Å². The molecule has 0 aliphatic rings. The van der Waals surface area contributed by atoms with Crippen LogP contribution < -0.4 is 11.1 Å². The number of aliphatic hydroxyl groups excluding tert-OH is 1. The fraction of sp³-hybridized carbons (Fsp3) is 0.889. The molecule has 1 amide bonds. The molecule has 0 aromatic heterocycles. The first-order valence-corrected chi connectivity index (χ1v) is 4.64. The first-order chi connectivity index (χ1) is 5.97. The molecule has 0 fully saturated rings. The van der Waals surface area contributed by atoms with Crippen molar-refractivity contribution < 1.29 is 9.90 Å². The number of hydrogen-bond donors (Lipinski definition) is 3. The fourth-order valence-corrected chi connectivity index (χ4v) is 1.01. The van der Waals surface area contributed by atoms with Gasteiger partial charge in [-0.3, -0.25) is 4.79 Å². The number of rotatable bonds is 5. The van der Waals surface area contributed by atoms with E-state index in [9.17, 15) is 4.79 Å². The van der Waals surface area contributed by atoms with Crippen LogP contribution >= 0.6 is 0 Å². The Hall–Kier alpha value is -0.610. The first kappa shape index (κ1) is 12.4. The van der Waals surface area contributed by atoms with Gasteiger partial charge in [0.05, 0.1) is 12.6 Å². The molecule has 0 rings (SSSR count). The fourth-order valence-electron chi connectivity index (χ4n) is 1.01. The van der Waals surface area contributed by atoms with E-state index in [1.165, 1.54) is 0 Å². The number of nitrogens with two attached hydrogens (primary N) is 1. The summed E-state index contributed by atoms with van der Waals surface area (Å²) in [6.45, 7) is 5.71. The number of carbonyl (C=O) groups is 1. The van der Waals surface area contributed by atoms with Crippen LogP contribution in [0, 0.1) is 5.92 Å². The summed E-state index contributed by atoms with van der Waals surface area (Å²) in [4.78, 5) is 11.3. The van der Waals surface area contributed by atoms with Gasteiger partial charge in [0.1, 0.15) is 0 Å². The monoisotopic (exact) mass is 188 g/mol. The molecule has 0 bridgehead atoms. The Morgan fingerprint density at radius 1 is 1.46 bits per heavy atom. The second-order valence-corrected chi connectivity index (χ2v) is 3.83. The maximum Gasteiger partial charge on any atom is 0.237 e. The van der Waals surface area contributed by atoms with E-state index in [4.69, 9.17) is 10.8 Å². The Morgan fingerprint density at radius 2 is 2.00 bits per heavy atom. The molecular formula is C9H20N2O2. The van der Waals surface area contributed by atoms with Crippen molar-refractivity contribution in [2.24, 2.45) is 11.7 Å². The molecule has 13 heavy (non-hydrogen) atoms. The Kier molecular flexibility index (Phi) is 5.66. The van der Waals surface area contributed by atoms with E-state index in [2.05, 4.69) is 5.32 Å². The third kappa shape index (κ3) is 5.60. The molecule has 4 nitrogen and oxygen atoms in total. The van der Waals surface area contributed by atoms with Gasteiger partial charge in [-0.25, -0.2) is 0 Å². The standard InChI is InChI=1S/C9H20N2O2/c1-6(2)4-8(10)9(13)11-7(3)5-12/h6-8,12H,4-5,10H2,1-3H3,(H,11,13)/t7?,8-/m0/s1. The molecule has 0 aromatic rings. The van der Waals surface area contributed by atoms with Gasteiger partial charge in [0.15, 0.2) is 0 Å². The van der Waals surface area contributed by atoms with Crippen molar-refractivity contribution in [1.82, 2.24) is 5.32 Å². The minimum absolute atomic E-state index is 0.0554. The summed E-state index contributed by atoms with van der Waals surface area (Å²) in [6.07, 6.45) is 0.671. The number of carbonyl (C=O) groups excluding carboxylic acids is 1. The maximum absolute atomic E-state index is 11.3. The van der Waals surface area contributed by atoms with Crippen molar-refractivity contribution >= 4 is 5.91 Å². The summed E-state index contributed by atoms with van der Waals surface area (Å²) < 4.78 is 0. The Balaban J connectivity index is 3.82. The summed E-state index contributed by atoms with van der Waals surface area (Å²) in [5.74, 6) is 0.223. The van der Waals surface area contributed by atoms with E-state index in [1.54, 1.807) is 6.92 Å². The second-order valence-electron chi connectivity index (χ2n) is 3.83. The summed E-state index contributed by atoms with van der Waals surface area (Å²) in [6, 6.07) is -0.681. The molecule has 0 aliphatic carbocycles. The third-order valence-corrected chi connectivity index (χ3v) is 1.72. The summed E-state index contributed by atoms with van der Waals surface area (Å²) in [7, 11) is 0. The lowest BCUT2D eigenvalue weighted by atomic mass is 10.0. The van der Waals surface area contributed by atoms with Gasteiger partial charge in [-0.1, -0.05) is 13.8 Å². The molecule has 4 heteroatoms. The maximum atomic E-state index is 11.3. The Labute approximate surface area is 79.5 Å². The summed E-state index contributed by atoms with van der Waals surface area (Å²) >= 11 is 0. The highest BCUT2D eigenvalue weighted by atomic mass is 16.3. The van der Waals surface area contributed by atoms with E-state index in [1.807, 2.05) is 13.8 Å². The van der Waals surface area contributed by atoms with E-state index in [0.717, 1.165) is 0 Å². The predicted octanol–water partition coefficient (Wildman–Crippen LogP) is -0.143. The zero-order chi connectivity index (χ0) is 10.4. The van der Waals surface area contributed by atoms with Crippen molar-refractivity contribution in [2.45, 2.75) is 39.3 Å². The highest BCUT2D eigenvalue weighted by molar-refractivity contribution is 5.81. The Bertz CT molecular complexity index is 160. The van der Waals surface area contributed by atoms with Gasteiger partial charge in [-0.2, -0.15) is 0 Å². The molecule has 0 radical (unpaired) electrons. The van der Waals surface area contributed by atoms with E-state index >= 15 is 0 Å². The molecule has 0 aliphatic heterocycles. The van der Waals surface area contributed by atoms with Gasteiger partial charge in [-0.15, -0.1) is 0 Å². The minimum Gasteiger partial charge on any atom is -0.394 e. The number of hydrogen-bond acceptors (Lipinski definition) is 3. The van der Waals surface area contributed by atoms with Gasteiger partial charge in [0.2, 0.25) is 5.91 Å². The molecule has 0 saturated carbocycles. The molecule has 0 heterocycles. The van der Waals surface area contributed by atoms with Crippen molar-refractivity contribution in [3.8, 4) is 0 Å².